The number of nitrogens with zero attached hydrogens (tertiary/aromatic N) is 2. The van der Waals surface area contributed by atoms with Crippen LogP contribution in [-0.2, 0) is 16.8 Å². The van der Waals surface area contributed by atoms with Gasteiger partial charge in [0.15, 0.2) is 0 Å². The molecule has 0 atom stereocenters. The Morgan fingerprint density at radius 2 is 0.250 bits per heavy atom. The van der Waals surface area contributed by atoms with Crippen LogP contribution >= 0.6 is 0 Å². The minimum absolute atomic E-state index is 0. The topological polar surface area (TPSA) is 78.7 Å². The van der Waals surface area contributed by atoms with E-state index in [-0.39, 0.29) is 16.8 Å². The van der Waals surface area contributed by atoms with E-state index in [1.165, 1.54) is 65.6 Å². The van der Waals surface area contributed by atoms with Gasteiger partial charge in [-0.05, 0) is 0 Å². The Morgan fingerprint density at radius 3 is 0.344 bits per heavy atom. The van der Waals surface area contributed by atoms with Crippen LogP contribution in [-0.4, -0.2) is 108 Å². The van der Waals surface area contributed by atoms with Gasteiger partial charge in [-0.2, -0.15) is 65.6 Å². The van der Waals surface area contributed by atoms with Crippen molar-refractivity contribution in [2.45, 2.75) is 0 Å². The number of rotatable bonds is 12. The molecule has 0 saturated carbocycles. The SMILES string of the molecule is C1CNCN2CNCCNCN(CN1)CNCCNC2.[Co+3].c1ccc([B-](c2ccccc2)(c2ccccc2)c2ccccc2)cc1.c1ccc([B-](c2ccccc2)(c2ccccc2)c2ccccc2)cc1.c1ccc([B-](c2ccccc2)(c2ccccc2)c2ccccc2)cc1. The predicted octanol–water partition coefficient (Wildman–Crippen LogP) is 6.09. The van der Waals surface area contributed by atoms with E-state index in [2.05, 4.69) is 406 Å². The summed E-state index contributed by atoms with van der Waals surface area (Å²) in [4.78, 5) is 4.70. The van der Waals surface area contributed by atoms with E-state index >= 15 is 0 Å². The molecule has 6 N–H and O–H groups in total. The number of hydrogen-bond donors (Lipinski definition) is 6. The van der Waals surface area contributed by atoms with Crippen LogP contribution in [0.25, 0.3) is 0 Å². The van der Waals surface area contributed by atoms with Gasteiger partial charge in [-0.3, -0.25) is 9.80 Å². The molecule has 0 radical (unpaired) electrons. The fourth-order valence-corrected chi connectivity index (χ4v) is 14.7. The monoisotopic (exact) mass is 1300 g/mol. The molecule has 2 bridgehead atoms. The third kappa shape index (κ3) is 17.3. The second-order valence-corrected chi connectivity index (χ2v) is 24.8. The van der Waals surface area contributed by atoms with E-state index in [1.54, 1.807) is 0 Å². The molecular weight excluding hydrogens is 1210 g/mol. The Kier molecular flexibility index (Phi) is 27.2. The van der Waals surface area contributed by atoms with E-state index in [0.29, 0.717) is 0 Å². The smallest absolute Gasteiger partial charge is 0.303 e. The van der Waals surface area contributed by atoms with Crippen molar-refractivity contribution in [2.75, 3.05) is 79.3 Å². The summed E-state index contributed by atoms with van der Waals surface area (Å²) < 4.78 is 0. The van der Waals surface area contributed by atoms with Crippen LogP contribution in [0.1, 0.15) is 0 Å². The van der Waals surface area contributed by atoms with Crippen LogP contribution in [0.3, 0.4) is 0 Å². The first kappa shape index (κ1) is 69.8. The van der Waals surface area contributed by atoms with Crippen molar-refractivity contribution in [3.8, 4) is 0 Å². The second kappa shape index (κ2) is 37.4. The molecule has 0 aliphatic carbocycles. The summed E-state index contributed by atoms with van der Waals surface area (Å²) in [7, 11) is 0. The molecule has 0 unspecified atom stereocenters. The third-order valence-electron chi connectivity index (χ3n) is 19.0. The molecule has 15 rings (SSSR count). The van der Waals surface area contributed by atoms with Gasteiger partial charge in [-0.15, -0.1) is 0 Å². The fraction of sp³-hybridized carbons (Fsp3) is 0.143. The summed E-state index contributed by atoms with van der Waals surface area (Å²) in [5.74, 6) is 0. The van der Waals surface area contributed by atoms with Gasteiger partial charge in [0.05, 0.1) is 40.0 Å². The summed E-state index contributed by atoms with van der Waals surface area (Å²) in [5.41, 5.74) is 16.1. The van der Waals surface area contributed by atoms with E-state index in [9.17, 15) is 0 Å². The van der Waals surface area contributed by atoms with Gasteiger partial charge >= 0.3 is 16.8 Å². The molecule has 484 valence electrons. The largest absolute Gasteiger partial charge is 3.00 e. The second-order valence-electron chi connectivity index (χ2n) is 24.8. The Labute approximate surface area is 582 Å². The Bertz CT molecular complexity index is 3080. The van der Waals surface area contributed by atoms with E-state index in [0.717, 1.165) is 79.3 Å². The molecular formula is C84H90B3CoN8. The van der Waals surface area contributed by atoms with Gasteiger partial charge in [-0.25, -0.2) is 0 Å². The van der Waals surface area contributed by atoms with Gasteiger partial charge in [-0.1, -0.05) is 364 Å². The maximum absolute atomic E-state index is 3.48. The summed E-state index contributed by atoms with van der Waals surface area (Å²) >= 11 is 0. The van der Waals surface area contributed by atoms with E-state index in [1.807, 2.05) is 0 Å². The molecule has 8 nitrogen and oxygen atoms in total. The molecule has 12 heteroatoms. The average molecular weight is 1300 g/mol. The van der Waals surface area contributed by atoms with Crippen molar-refractivity contribution in [1.82, 2.24) is 41.7 Å². The molecule has 0 spiro atoms. The van der Waals surface area contributed by atoms with Crippen LogP contribution in [0, 0.1) is 0 Å². The molecule has 3 aliphatic rings. The fourth-order valence-electron chi connectivity index (χ4n) is 14.7. The van der Waals surface area contributed by atoms with Crippen LogP contribution < -0.4 is 97.5 Å². The van der Waals surface area contributed by atoms with Crippen molar-refractivity contribution < 1.29 is 16.8 Å². The molecule has 3 heterocycles. The van der Waals surface area contributed by atoms with Crippen LogP contribution in [0.5, 0.6) is 0 Å². The van der Waals surface area contributed by atoms with Gasteiger partial charge < -0.3 is 31.9 Å². The van der Waals surface area contributed by atoms with Gasteiger partial charge in [0.1, 0.15) is 18.4 Å². The maximum atomic E-state index is 3.48. The summed E-state index contributed by atoms with van der Waals surface area (Å²) in [6.07, 6.45) is -3.65. The minimum atomic E-state index is -1.22. The first-order valence-electron chi connectivity index (χ1n) is 34.0. The maximum Gasteiger partial charge on any atom is 3.00 e. The number of benzene rings is 12. The van der Waals surface area contributed by atoms with Crippen molar-refractivity contribution in [3.63, 3.8) is 0 Å². The van der Waals surface area contributed by atoms with Crippen molar-refractivity contribution in [1.29, 1.82) is 0 Å². The summed E-state index contributed by atoms with van der Waals surface area (Å²) in [6, 6.07) is 131. The summed E-state index contributed by atoms with van der Waals surface area (Å²) in [5, 5.41) is 20.9. The molecule has 0 amide bonds. The predicted molar refractivity (Wildman–Crippen MR) is 411 cm³/mol. The van der Waals surface area contributed by atoms with Crippen molar-refractivity contribution in [2.24, 2.45) is 0 Å². The Morgan fingerprint density at radius 1 is 0.156 bits per heavy atom. The van der Waals surface area contributed by atoms with Gasteiger partial charge in [0.25, 0.3) is 0 Å². The van der Waals surface area contributed by atoms with Crippen molar-refractivity contribution >= 4 is 84.0 Å². The van der Waals surface area contributed by atoms with Crippen LogP contribution in [0.2, 0.25) is 0 Å². The van der Waals surface area contributed by atoms with Crippen LogP contribution in [0.4, 0.5) is 0 Å². The van der Waals surface area contributed by atoms with Crippen molar-refractivity contribution in [3.05, 3.63) is 364 Å². The quantitative estimate of drug-likeness (QED) is 0.0823. The Balaban J connectivity index is 0.000000139. The standard InChI is InChI=1S/3C24H20B.C12H30N8.Co/c3*1-5-13-21(14-6-1)25(22-15-7-2-8-16-22,23-17-9-3-10-18-23)24-19-11-4-12-20-24;1-2-14-8-20-11-17-5-3-15-9-19(7-13-1)10-16-4-6-18-12-20;/h3*1-20H;13-18H,1-12H2;/q3*-1;;+3. The normalized spacial score (nSPS) is 15.5. The average Bonchev–Trinajstić information content (AvgIpc) is 0.758. The molecule has 3 fully saturated rings. The van der Waals surface area contributed by atoms with Gasteiger partial charge in [0, 0.05) is 39.3 Å². The zero-order chi connectivity index (χ0) is 64.7. The molecule has 0 aromatic heterocycles. The van der Waals surface area contributed by atoms with Gasteiger partial charge in [0.2, 0.25) is 0 Å². The Hall–Kier alpha value is -8.98. The molecule has 12 aromatic rings. The number of hydrogen-bond acceptors (Lipinski definition) is 8. The molecule has 3 saturated heterocycles. The van der Waals surface area contributed by atoms with E-state index < -0.39 is 18.4 Å². The molecule has 3 aliphatic heterocycles. The third-order valence-corrected chi connectivity index (χ3v) is 19.0. The van der Waals surface area contributed by atoms with E-state index in [4.69, 9.17) is 0 Å². The minimum Gasteiger partial charge on any atom is -0.303 e. The molecule has 96 heavy (non-hydrogen) atoms. The zero-order valence-corrected chi connectivity index (χ0v) is 56.1. The number of fused-ring (bicyclic) bond motifs is 15. The molecule has 12 aromatic carbocycles. The first-order valence-corrected chi connectivity index (χ1v) is 34.0. The summed E-state index contributed by atoms with van der Waals surface area (Å²) in [6.45, 7) is 11.4. The number of nitrogens with one attached hydrogen (secondary N) is 6. The first-order chi connectivity index (χ1) is 47.2. The van der Waals surface area contributed by atoms with Crippen LogP contribution in [0.15, 0.2) is 364 Å². The zero-order valence-electron chi connectivity index (χ0n) is 55.1.